The van der Waals surface area contributed by atoms with E-state index >= 15 is 0 Å². The molecule has 6 atom stereocenters. The monoisotopic (exact) mass is 990 g/mol. The van der Waals surface area contributed by atoms with E-state index in [4.69, 9.17) is 37.3 Å². The number of nitrogens with two attached hydrogens (primary N) is 2. The highest BCUT2D eigenvalue weighted by atomic mass is 35.5. The summed E-state index contributed by atoms with van der Waals surface area (Å²) in [5.41, 5.74) is 18.9. The standard InChI is InChI=1S/C53H63ClN8O9/c1-32-11-5-6-14-36(32)25-34(26-58-51(67)45-49(55)60-50(56)48(54)59-45)29-62(53(68)70-30-41-39-17-9-7-15-37(39)38-16-8-10-18-40(38)41)28-33-20-23-61(24-21-33)44(65)19-22-57-27-42(63)46(66)47-43(64)31-69-52(71-47)35-12-3-2-4-13-35/h2-18,33-34,41-43,46-47,52,57,63-64,66H,19-31H2,1H3,(H,58,67)(H4,55,56,60)/t34?,42?,43-,46?,47-,52-/m1/s1. The fourth-order valence-corrected chi connectivity index (χ4v) is 9.89. The van der Waals surface area contributed by atoms with Crippen molar-refractivity contribution in [2.45, 2.75) is 69.2 Å². The SMILES string of the molecule is Cc1ccccc1CC(CNC(=O)c1nc(Cl)c(N)nc1N)CN(CC1CCN(C(=O)CCNCC(O)C(O)[C@@H]2O[C@H](c3ccccc3)OC[C@H]2O)CC1)C(=O)OCC1c2ccccc2-c2ccccc21. The number of fused-ring (bicyclic) bond motifs is 3. The molecule has 71 heavy (non-hydrogen) atoms. The molecule has 8 rings (SSSR count). The normalized spacial score (nSPS) is 19.3. The average molecular weight is 992 g/mol. The topological polar surface area (TPSA) is 248 Å². The van der Waals surface area contributed by atoms with Crippen LogP contribution in [0.5, 0.6) is 0 Å². The lowest BCUT2D eigenvalue weighted by Crippen LogP contribution is -2.53. The molecular formula is C53H63ClN8O9. The Kier molecular flexibility index (Phi) is 17.2. The van der Waals surface area contributed by atoms with Crippen LogP contribution in [-0.2, 0) is 25.4 Å². The first kappa shape index (κ1) is 51.2. The average Bonchev–Trinajstić information content (AvgIpc) is 3.71. The van der Waals surface area contributed by atoms with Crippen molar-refractivity contribution in [3.8, 4) is 11.1 Å². The van der Waals surface area contributed by atoms with Gasteiger partial charge in [-0.3, -0.25) is 9.59 Å². The van der Waals surface area contributed by atoms with Crippen molar-refractivity contribution in [3.05, 3.63) is 142 Å². The minimum atomic E-state index is -1.41. The fourth-order valence-electron chi connectivity index (χ4n) is 9.77. The molecule has 9 N–H and O–H groups in total. The number of aliphatic hydroxyl groups is 3. The van der Waals surface area contributed by atoms with E-state index in [1.165, 1.54) is 0 Å². The van der Waals surface area contributed by atoms with E-state index in [2.05, 4.69) is 44.9 Å². The number of likely N-dealkylation sites (tertiary alicyclic amines) is 1. The van der Waals surface area contributed by atoms with Crippen LogP contribution in [0.1, 0.15) is 69.8 Å². The summed E-state index contributed by atoms with van der Waals surface area (Å²) < 4.78 is 17.7. The Morgan fingerprint density at radius 1 is 0.887 bits per heavy atom. The molecule has 17 nitrogen and oxygen atoms in total. The lowest BCUT2D eigenvalue weighted by Gasteiger charge is -2.38. The van der Waals surface area contributed by atoms with Crippen molar-refractivity contribution in [1.29, 1.82) is 0 Å². The van der Waals surface area contributed by atoms with Crippen molar-refractivity contribution >= 4 is 41.1 Å². The third kappa shape index (κ3) is 12.7. The summed E-state index contributed by atoms with van der Waals surface area (Å²) >= 11 is 6.12. The molecule has 2 fully saturated rings. The van der Waals surface area contributed by atoms with Gasteiger partial charge in [0.25, 0.3) is 5.91 Å². The van der Waals surface area contributed by atoms with E-state index < -0.39 is 42.7 Å². The molecule has 0 spiro atoms. The van der Waals surface area contributed by atoms with Crippen LogP contribution in [0.4, 0.5) is 16.4 Å². The second-order valence-corrected chi connectivity index (χ2v) is 19.0. The number of carbonyl (C=O) groups excluding carboxylic acids is 3. The van der Waals surface area contributed by atoms with Gasteiger partial charge in [-0.05, 0) is 71.4 Å². The molecule has 3 heterocycles. The summed E-state index contributed by atoms with van der Waals surface area (Å²) in [7, 11) is 0. The number of ether oxygens (including phenoxy) is 3. The van der Waals surface area contributed by atoms with E-state index in [1.807, 2.05) is 90.7 Å². The zero-order chi connectivity index (χ0) is 50.0. The van der Waals surface area contributed by atoms with Crippen molar-refractivity contribution < 1.29 is 43.9 Å². The summed E-state index contributed by atoms with van der Waals surface area (Å²) in [6, 6.07) is 33.5. The lowest BCUT2D eigenvalue weighted by atomic mass is 9.93. The smallest absolute Gasteiger partial charge is 0.409 e. The van der Waals surface area contributed by atoms with Gasteiger partial charge in [-0.1, -0.05) is 115 Å². The molecule has 3 amide bonds. The predicted octanol–water partition coefficient (Wildman–Crippen LogP) is 4.86. The highest BCUT2D eigenvalue weighted by Gasteiger charge is 2.39. The van der Waals surface area contributed by atoms with Gasteiger partial charge in [0.05, 0.1) is 12.7 Å². The maximum atomic E-state index is 14.5. The highest BCUT2D eigenvalue weighted by Crippen LogP contribution is 2.44. The van der Waals surface area contributed by atoms with Crippen LogP contribution in [-0.4, -0.2) is 136 Å². The summed E-state index contributed by atoms with van der Waals surface area (Å²) in [4.78, 5) is 53.1. The number of aliphatic hydroxyl groups excluding tert-OH is 3. The Hall–Kier alpha value is -6.18. The maximum absolute atomic E-state index is 14.5. The number of nitrogens with zero attached hydrogens (tertiary/aromatic N) is 4. The number of anilines is 2. The zero-order valence-corrected chi connectivity index (χ0v) is 40.5. The largest absolute Gasteiger partial charge is 0.448 e. The number of benzene rings is 4. The number of hydrogen-bond acceptors (Lipinski definition) is 14. The first-order chi connectivity index (χ1) is 34.3. The molecule has 5 aromatic rings. The fraction of sp³-hybridized carbons (Fsp3) is 0.415. The minimum Gasteiger partial charge on any atom is -0.448 e. The van der Waals surface area contributed by atoms with E-state index in [1.54, 1.807) is 4.90 Å². The highest BCUT2D eigenvalue weighted by molar-refractivity contribution is 6.31. The van der Waals surface area contributed by atoms with E-state index in [0.29, 0.717) is 38.9 Å². The maximum Gasteiger partial charge on any atom is 0.409 e. The Morgan fingerprint density at radius 3 is 2.25 bits per heavy atom. The Labute approximate surface area is 418 Å². The number of carbonyl (C=O) groups is 3. The van der Waals surface area contributed by atoms with Gasteiger partial charge in [0.2, 0.25) is 5.91 Å². The van der Waals surface area contributed by atoms with Gasteiger partial charge in [0, 0.05) is 63.7 Å². The van der Waals surface area contributed by atoms with Crippen LogP contribution < -0.4 is 22.1 Å². The number of piperidine rings is 1. The van der Waals surface area contributed by atoms with E-state index in [-0.39, 0.29) is 92.0 Å². The van der Waals surface area contributed by atoms with Gasteiger partial charge < -0.3 is 61.4 Å². The number of nitrogens with one attached hydrogen (secondary N) is 2. The molecule has 2 saturated heterocycles. The number of nitrogen functional groups attached to an aromatic ring is 2. The van der Waals surface area contributed by atoms with Gasteiger partial charge in [-0.25, -0.2) is 14.8 Å². The number of aromatic nitrogens is 2. The molecule has 0 radical (unpaired) electrons. The summed E-state index contributed by atoms with van der Waals surface area (Å²) in [6.07, 6.45) is -4.19. The van der Waals surface area contributed by atoms with Crippen LogP contribution >= 0.6 is 11.6 Å². The summed E-state index contributed by atoms with van der Waals surface area (Å²) in [6.45, 7) is 4.05. The summed E-state index contributed by atoms with van der Waals surface area (Å²) in [5.74, 6) is -1.28. The Morgan fingerprint density at radius 2 is 1.55 bits per heavy atom. The molecule has 2 aliphatic heterocycles. The van der Waals surface area contributed by atoms with Crippen LogP contribution in [0.2, 0.25) is 5.15 Å². The van der Waals surface area contributed by atoms with Gasteiger partial charge in [0.1, 0.15) is 24.9 Å². The van der Waals surface area contributed by atoms with Gasteiger partial charge in [0.15, 0.2) is 28.8 Å². The lowest BCUT2D eigenvalue weighted by molar-refractivity contribution is -0.282. The van der Waals surface area contributed by atoms with Crippen LogP contribution in [0.15, 0.2) is 103 Å². The Bertz CT molecular complexity index is 2580. The van der Waals surface area contributed by atoms with Crippen LogP contribution in [0.3, 0.4) is 0 Å². The first-order valence-electron chi connectivity index (χ1n) is 24.2. The number of amides is 3. The van der Waals surface area contributed by atoms with Gasteiger partial charge in [-0.15, -0.1) is 0 Å². The van der Waals surface area contributed by atoms with E-state index in [9.17, 15) is 29.7 Å². The molecule has 3 aliphatic rings. The number of rotatable bonds is 19. The molecule has 1 aromatic heterocycles. The Balaban J connectivity index is 0.896. The second-order valence-electron chi connectivity index (χ2n) is 18.6. The van der Waals surface area contributed by atoms with Crippen molar-refractivity contribution in [2.24, 2.45) is 11.8 Å². The predicted molar refractivity (Wildman–Crippen MR) is 268 cm³/mol. The van der Waals surface area contributed by atoms with Crippen molar-refractivity contribution in [2.75, 3.05) is 70.5 Å². The zero-order valence-electron chi connectivity index (χ0n) is 39.7. The minimum absolute atomic E-state index is 0.0297. The second kappa shape index (κ2) is 23.8. The third-order valence-corrected chi connectivity index (χ3v) is 14.0. The molecule has 3 unspecified atom stereocenters. The van der Waals surface area contributed by atoms with Gasteiger partial charge >= 0.3 is 6.09 Å². The molecular weight excluding hydrogens is 928 g/mol. The molecule has 0 bridgehead atoms. The van der Waals surface area contributed by atoms with Crippen LogP contribution in [0.25, 0.3) is 11.1 Å². The summed E-state index contributed by atoms with van der Waals surface area (Å²) in [5, 5.41) is 38.1. The molecule has 0 saturated carbocycles. The molecule has 4 aromatic carbocycles. The molecule has 18 heteroatoms. The number of halogens is 1. The first-order valence-corrected chi connectivity index (χ1v) is 24.6. The number of aryl methyl sites for hydroxylation is 1. The number of hydrogen-bond donors (Lipinski definition) is 7. The third-order valence-electron chi connectivity index (χ3n) is 13.7. The quantitative estimate of drug-likeness (QED) is 0.0547. The molecule has 376 valence electrons. The molecule has 1 aliphatic carbocycles. The van der Waals surface area contributed by atoms with E-state index in [0.717, 1.165) is 38.9 Å². The van der Waals surface area contributed by atoms with Gasteiger partial charge in [-0.2, -0.15) is 0 Å². The van der Waals surface area contributed by atoms with Crippen molar-refractivity contribution in [3.63, 3.8) is 0 Å². The van der Waals surface area contributed by atoms with Crippen LogP contribution in [0, 0.1) is 18.8 Å². The van der Waals surface area contributed by atoms with Crippen molar-refractivity contribution in [1.82, 2.24) is 30.4 Å².